The lowest BCUT2D eigenvalue weighted by Crippen LogP contribution is -2.06. The fourth-order valence-corrected chi connectivity index (χ4v) is 1.84. The van der Waals surface area contributed by atoms with E-state index < -0.39 is 5.82 Å². The maximum absolute atomic E-state index is 13.6. The Kier molecular flexibility index (Phi) is 5.49. The molecule has 0 spiro atoms. The highest BCUT2D eigenvalue weighted by Gasteiger charge is 2.08. The molecule has 1 aromatic heterocycles. The van der Waals surface area contributed by atoms with E-state index in [9.17, 15) is 4.39 Å². The lowest BCUT2D eigenvalue weighted by molar-refractivity contribution is 0.424. The molecule has 4 nitrogen and oxygen atoms in total. The fourth-order valence-electron chi connectivity index (χ4n) is 1.84. The Labute approximate surface area is 124 Å². The predicted octanol–water partition coefficient (Wildman–Crippen LogP) is 4.18. The third kappa shape index (κ3) is 4.41. The number of benzene rings is 1. The van der Waals surface area contributed by atoms with E-state index in [4.69, 9.17) is 4.74 Å². The molecule has 0 aliphatic rings. The van der Waals surface area contributed by atoms with Crippen molar-refractivity contribution in [2.45, 2.75) is 33.1 Å². The summed E-state index contributed by atoms with van der Waals surface area (Å²) in [7, 11) is 0. The van der Waals surface area contributed by atoms with Crippen molar-refractivity contribution in [3.8, 4) is 11.6 Å². The van der Waals surface area contributed by atoms with E-state index in [0.717, 1.165) is 25.8 Å². The molecule has 0 atom stereocenters. The van der Waals surface area contributed by atoms with Crippen LogP contribution in [0.4, 0.5) is 10.2 Å². The Morgan fingerprint density at radius 2 is 1.95 bits per heavy atom. The van der Waals surface area contributed by atoms with Crippen LogP contribution in [0.25, 0.3) is 0 Å². The molecule has 5 heteroatoms. The first kappa shape index (κ1) is 15.2. The molecule has 21 heavy (non-hydrogen) atoms. The van der Waals surface area contributed by atoms with E-state index in [0.29, 0.717) is 17.5 Å². The van der Waals surface area contributed by atoms with E-state index in [1.165, 1.54) is 6.07 Å². The Bertz CT molecular complexity index is 589. The zero-order valence-corrected chi connectivity index (χ0v) is 12.4. The minimum Gasteiger partial charge on any atom is -0.436 e. The number of aryl methyl sites for hydroxylation is 1. The fraction of sp³-hybridized carbons (Fsp3) is 0.375. The van der Waals surface area contributed by atoms with Gasteiger partial charge in [0.25, 0.3) is 0 Å². The number of hydrogen-bond acceptors (Lipinski definition) is 4. The van der Waals surface area contributed by atoms with Crippen molar-refractivity contribution in [1.29, 1.82) is 0 Å². The number of nitrogens with one attached hydrogen (secondary N) is 1. The van der Waals surface area contributed by atoms with Crippen LogP contribution in [0.5, 0.6) is 11.6 Å². The molecule has 0 amide bonds. The molecular weight excluding hydrogens is 269 g/mol. The Balaban J connectivity index is 2.24. The molecule has 0 fully saturated rings. The van der Waals surface area contributed by atoms with Gasteiger partial charge in [-0.15, -0.1) is 0 Å². The minimum atomic E-state index is -0.406. The van der Waals surface area contributed by atoms with Crippen LogP contribution in [0, 0.1) is 5.82 Å². The summed E-state index contributed by atoms with van der Waals surface area (Å²) in [5, 5.41) is 3.21. The van der Waals surface area contributed by atoms with Crippen molar-refractivity contribution in [3.63, 3.8) is 0 Å². The first-order chi connectivity index (χ1) is 10.2. The molecule has 0 radical (unpaired) electrons. The summed E-state index contributed by atoms with van der Waals surface area (Å²) in [6, 6.07) is 7.98. The van der Waals surface area contributed by atoms with Crippen molar-refractivity contribution in [2.75, 3.05) is 11.9 Å². The highest BCUT2D eigenvalue weighted by atomic mass is 19.1. The van der Waals surface area contributed by atoms with Crippen LogP contribution in [0.3, 0.4) is 0 Å². The normalized spacial score (nSPS) is 10.4. The van der Waals surface area contributed by atoms with E-state index in [2.05, 4.69) is 29.1 Å². The quantitative estimate of drug-likeness (QED) is 0.830. The molecule has 2 aromatic rings. The molecule has 112 valence electrons. The van der Waals surface area contributed by atoms with Gasteiger partial charge in [-0.3, -0.25) is 0 Å². The summed E-state index contributed by atoms with van der Waals surface area (Å²) in [6.07, 6.45) is 2.70. The van der Waals surface area contributed by atoms with Crippen molar-refractivity contribution >= 4 is 5.82 Å². The molecule has 0 unspecified atom stereocenters. The van der Waals surface area contributed by atoms with Gasteiger partial charge in [0.1, 0.15) is 11.6 Å². The Hall–Kier alpha value is -2.17. The van der Waals surface area contributed by atoms with E-state index in [-0.39, 0.29) is 5.75 Å². The monoisotopic (exact) mass is 289 g/mol. The van der Waals surface area contributed by atoms with Gasteiger partial charge in [0, 0.05) is 19.0 Å². The molecule has 1 aromatic carbocycles. The number of aromatic nitrogens is 2. The lowest BCUT2D eigenvalue weighted by atomic mass is 10.3. The predicted molar refractivity (Wildman–Crippen MR) is 81.3 cm³/mol. The summed E-state index contributed by atoms with van der Waals surface area (Å²) in [5.41, 5.74) is 0. The summed E-state index contributed by atoms with van der Waals surface area (Å²) >= 11 is 0. The zero-order chi connectivity index (χ0) is 15.1. The van der Waals surface area contributed by atoms with Crippen LogP contribution in [0.1, 0.15) is 32.5 Å². The smallest absolute Gasteiger partial charge is 0.224 e. The number of anilines is 1. The highest BCUT2D eigenvalue weighted by Crippen LogP contribution is 2.24. The number of hydrogen-bond donors (Lipinski definition) is 1. The highest BCUT2D eigenvalue weighted by molar-refractivity contribution is 5.40. The van der Waals surface area contributed by atoms with E-state index >= 15 is 0 Å². The third-order valence-electron chi connectivity index (χ3n) is 2.83. The van der Waals surface area contributed by atoms with Crippen LogP contribution in [-0.2, 0) is 6.42 Å². The van der Waals surface area contributed by atoms with Gasteiger partial charge in [0.2, 0.25) is 5.88 Å². The minimum absolute atomic E-state index is 0.167. The second-order valence-electron chi connectivity index (χ2n) is 4.72. The number of rotatable bonds is 7. The summed E-state index contributed by atoms with van der Waals surface area (Å²) in [6.45, 7) is 4.96. The third-order valence-corrected chi connectivity index (χ3v) is 2.83. The topological polar surface area (TPSA) is 47.0 Å². The molecule has 1 heterocycles. The summed E-state index contributed by atoms with van der Waals surface area (Å²) in [4.78, 5) is 8.76. The van der Waals surface area contributed by atoms with Crippen LogP contribution in [0.2, 0.25) is 0 Å². The second kappa shape index (κ2) is 7.57. The Morgan fingerprint density at radius 1 is 1.14 bits per heavy atom. The van der Waals surface area contributed by atoms with Gasteiger partial charge in [-0.2, -0.15) is 4.98 Å². The molecule has 0 saturated heterocycles. The van der Waals surface area contributed by atoms with Crippen LogP contribution in [0.15, 0.2) is 30.3 Å². The molecule has 0 saturated carbocycles. The van der Waals surface area contributed by atoms with Crippen LogP contribution >= 0.6 is 0 Å². The van der Waals surface area contributed by atoms with Crippen molar-refractivity contribution in [3.05, 3.63) is 42.0 Å². The number of halogens is 1. The van der Waals surface area contributed by atoms with Crippen molar-refractivity contribution in [1.82, 2.24) is 9.97 Å². The average Bonchev–Trinajstić information content (AvgIpc) is 2.48. The zero-order valence-electron chi connectivity index (χ0n) is 12.4. The van der Waals surface area contributed by atoms with Gasteiger partial charge in [-0.1, -0.05) is 26.0 Å². The maximum Gasteiger partial charge on any atom is 0.224 e. The van der Waals surface area contributed by atoms with Crippen molar-refractivity contribution in [2.24, 2.45) is 0 Å². The first-order valence-corrected chi connectivity index (χ1v) is 7.27. The molecule has 2 rings (SSSR count). The molecular formula is C16H20FN3O. The molecule has 0 aliphatic carbocycles. The number of nitrogens with zero attached hydrogens (tertiary/aromatic N) is 2. The van der Waals surface area contributed by atoms with Gasteiger partial charge in [0.15, 0.2) is 11.6 Å². The van der Waals surface area contributed by atoms with E-state index in [1.54, 1.807) is 24.3 Å². The van der Waals surface area contributed by atoms with Gasteiger partial charge < -0.3 is 10.1 Å². The average molecular weight is 289 g/mol. The number of ether oxygens (including phenoxy) is 1. The molecule has 0 bridgehead atoms. The van der Waals surface area contributed by atoms with Gasteiger partial charge in [-0.05, 0) is 25.0 Å². The molecule has 0 aliphatic heterocycles. The van der Waals surface area contributed by atoms with Gasteiger partial charge in [-0.25, -0.2) is 9.37 Å². The summed E-state index contributed by atoms with van der Waals surface area (Å²) < 4.78 is 19.2. The summed E-state index contributed by atoms with van der Waals surface area (Å²) in [5.74, 6) is 1.53. The largest absolute Gasteiger partial charge is 0.436 e. The van der Waals surface area contributed by atoms with Gasteiger partial charge in [0.05, 0.1) is 0 Å². The lowest BCUT2D eigenvalue weighted by Gasteiger charge is -2.10. The first-order valence-electron chi connectivity index (χ1n) is 7.27. The van der Waals surface area contributed by atoms with Crippen molar-refractivity contribution < 1.29 is 9.13 Å². The molecule has 1 N–H and O–H groups in total. The van der Waals surface area contributed by atoms with Crippen LogP contribution < -0.4 is 10.1 Å². The maximum atomic E-state index is 13.6. The SMILES string of the molecule is CCCNc1cc(Oc2ccccc2F)nc(CCC)n1. The number of para-hydroxylation sites is 1. The van der Waals surface area contributed by atoms with Crippen LogP contribution in [-0.4, -0.2) is 16.5 Å². The van der Waals surface area contributed by atoms with E-state index in [1.807, 2.05) is 0 Å². The Morgan fingerprint density at radius 3 is 2.67 bits per heavy atom. The second-order valence-corrected chi connectivity index (χ2v) is 4.72. The van der Waals surface area contributed by atoms with Gasteiger partial charge >= 0.3 is 0 Å². The standard InChI is InChI=1S/C16H20FN3O/c1-3-7-14-19-15(18-10-4-2)11-16(20-14)21-13-9-6-5-8-12(13)17/h5-6,8-9,11H,3-4,7,10H2,1-2H3,(H,18,19,20).